The maximum Gasteiger partial charge on any atom is 0.282 e. The van der Waals surface area contributed by atoms with Crippen LogP contribution in [0.1, 0.15) is 23.6 Å². The number of ether oxygens (including phenoxy) is 2. The van der Waals surface area contributed by atoms with Crippen molar-refractivity contribution in [1.29, 1.82) is 0 Å². The van der Waals surface area contributed by atoms with Gasteiger partial charge in [0.1, 0.15) is 17.2 Å². The summed E-state index contributed by atoms with van der Waals surface area (Å²) >= 11 is 13.9. The number of aromatic nitrogens is 2. The molecule has 0 saturated carbocycles. The minimum Gasteiger partial charge on any atom is -0.490 e. The van der Waals surface area contributed by atoms with Crippen molar-refractivity contribution in [3.63, 3.8) is 0 Å². The molecule has 7 nitrogen and oxygen atoms in total. The number of hydrogen-bond donors (Lipinski definition) is 0. The van der Waals surface area contributed by atoms with E-state index >= 15 is 0 Å². The van der Waals surface area contributed by atoms with Crippen molar-refractivity contribution in [2.75, 3.05) is 6.61 Å². The highest BCUT2D eigenvalue weighted by Crippen LogP contribution is 2.42. The maximum atomic E-state index is 13.7. The fraction of sp³-hybridized carbons (Fsp3) is 0.121. The fourth-order valence-electron chi connectivity index (χ4n) is 4.57. The second kappa shape index (κ2) is 12.4. The lowest BCUT2D eigenvalue weighted by molar-refractivity contribution is 0.269. The SMILES string of the molecule is CCOc1cc(C=Nn2c(-c3cc4cc(Br)ccc4o3)nc3ccccc3c2=O)c(Br)c(Cl)c1OCc1ccc(C)cc1. The Balaban J connectivity index is 1.43. The smallest absolute Gasteiger partial charge is 0.282 e. The molecule has 0 unspecified atom stereocenters. The quantitative estimate of drug-likeness (QED) is 0.147. The molecule has 0 aliphatic heterocycles. The maximum absolute atomic E-state index is 13.7. The van der Waals surface area contributed by atoms with E-state index in [4.69, 9.17) is 30.5 Å². The molecular weight excluding hydrogens is 698 g/mol. The molecule has 0 amide bonds. The summed E-state index contributed by atoms with van der Waals surface area (Å²) < 4.78 is 20.8. The third kappa shape index (κ3) is 5.98. The van der Waals surface area contributed by atoms with Crippen molar-refractivity contribution < 1.29 is 13.9 Å². The van der Waals surface area contributed by atoms with Crippen LogP contribution in [0.15, 0.2) is 102 Å². The molecule has 4 aromatic carbocycles. The molecule has 0 spiro atoms. The average molecular weight is 722 g/mol. The number of hydrogen-bond acceptors (Lipinski definition) is 6. The first kappa shape index (κ1) is 29.2. The summed E-state index contributed by atoms with van der Waals surface area (Å²) in [5, 5.41) is 6.20. The van der Waals surface area contributed by atoms with Gasteiger partial charge < -0.3 is 13.9 Å². The molecule has 0 saturated heterocycles. The Kier molecular flexibility index (Phi) is 8.38. The number of para-hydroxylation sites is 1. The van der Waals surface area contributed by atoms with E-state index < -0.39 is 0 Å². The molecule has 6 rings (SSSR count). The Labute approximate surface area is 269 Å². The molecule has 6 aromatic rings. The normalized spacial score (nSPS) is 11.6. The third-order valence-corrected chi connectivity index (χ3v) is 8.66. The van der Waals surface area contributed by atoms with Crippen LogP contribution in [0.25, 0.3) is 33.5 Å². The van der Waals surface area contributed by atoms with Crippen LogP contribution in [0.2, 0.25) is 5.02 Å². The van der Waals surface area contributed by atoms with Crippen LogP contribution in [0.3, 0.4) is 0 Å². The van der Waals surface area contributed by atoms with Crippen molar-refractivity contribution in [3.8, 4) is 23.1 Å². The lowest BCUT2D eigenvalue weighted by Gasteiger charge is -2.16. The highest BCUT2D eigenvalue weighted by Gasteiger charge is 2.20. The van der Waals surface area contributed by atoms with E-state index in [-0.39, 0.29) is 11.4 Å². The number of rotatable bonds is 8. The number of benzene rings is 4. The van der Waals surface area contributed by atoms with Crippen LogP contribution in [0.5, 0.6) is 11.5 Å². The zero-order valence-electron chi connectivity index (χ0n) is 23.1. The molecule has 0 atom stereocenters. The molecule has 10 heteroatoms. The topological polar surface area (TPSA) is 78.9 Å². The van der Waals surface area contributed by atoms with Crippen LogP contribution >= 0.6 is 43.5 Å². The highest BCUT2D eigenvalue weighted by molar-refractivity contribution is 9.10. The summed E-state index contributed by atoms with van der Waals surface area (Å²) in [5.74, 6) is 1.53. The van der Waals surface area contributed by atoms with Gasteiger partial charge in [-0.25, -0.2) is 4.98 Å². The van der Waals surface area contributed by atoms with Gasteiger partial charge in [-0.1, -0.05) is 69.5 Å². The van der Waals surface area contributed by atoms with Crippen molar-refractivity contribution in [2.45, 2.75) is 20.5 Å². The summed E-state index contributed by atoms with van der Waals surface area (Å²) in [6.07, 6.45) is 1.53. The monoisotopic (exact) mass is 719 g/mol. The number of halogens is 3. The number of nitrogens with zero attached hydrogens (tertiary/aromatic N) is 3. The number of aryl methyl sites for hydroxylation is 1. The Bertz CT molecular complexity index is 2070. The molecule has 0 aliphatic carbocycles. The van der Waals surface area contributed by atoms with Crippen molar-refractivity contribution >= 4 is 71.5 Å². The van der Waals surface area contributed by atoms with E-state index in [1.807, 2.05) is 68.4 Å². The molecule has 2 aromatic heterocycles. The van der Waals surface area contributed by atoms with E-state index in [9.17, 15) is 4.79 Å². The van der Waals surface area contributed by atoms with Gasteiger partial charge in [0.25, 0.3) is 5.56 Å². The Morgan fingerprint density at radius 2 is 1.81 bits per heavy atom. The summed E-state index contributed by atoms with van der Waals surface area (Å²) in [4.78, 5) is 18.5. The van der Waals surface area contributed by atoms with Gasteiger partial charge in [-0.3, -0.25) is 4.79 Å². The molecule has 0 radical (unpaired) electrons. The Hall–Kier alpha value is -3.92. The lowest BCUT2D eigenvalue weighted by atomic mass is 10.1. The van der Waals surface area contributed by atoms with Crippen molar-refractivity contribution in [1.82, 2.24) is 9.66 Å². The van der Waals surface area contributed by atoms with Gasteiger partial charge in [-0.2, -0.15) is 9.78 Å². The van der Waals surface area contributed by atoms with E-state index in [2.05, 4.69) is 37.0 Å². The number of fused-ring (bicyclic) bond motifs is 2. The first-order valence-corrected chi connectivity index (χ1v) is 15.4. The van der Waals surface area contributed by atoms with E-state index in [0.717, 1.165) is 15.4 Å². The predicted octanol–water partition coefficient (Wildman–Crippen LogP) is 9.16. The lowest BCUT2D eigenvalue weighted by Crippen LogP contribution is -2.20. The van der Waals surface area contributed by atoms with Crippen molar-refractivity contribution in [2.24, 2.45) is 5.10 Å². The zero-order chi connectivity index (χ0) is 30.1. The third-order valence-electron chi connectivity index (χ3n) is 6.72. The average Bonchev–Trinajstić information content (AvgIpc) is 3.43. The molecule has 0 aliphatic rings. The van der Waals surface area contributed by atoms with Crippen LogP contribution in [0, 0.1) is 6.92 Å². The van der Waals surface area contributed by atoms with Crippen LogP contribution in [-0.4, -0.2) is 22.5 Å². The van der Waals surface area contributed by atoms with Gasteiger partial charge in [0.15, 0.2) is 17.3 Å². The van der Waals surface area contributed by atoms with Gasteiger partial charge in [0, 0.05) is 19.9 Å². The van der Waals surface area contributed by atoms with Gasteiger partial charge in [0.2, 0.25) is 5.82 Å². The van der Waals surface area contributed by atoms with Crippen LogP contribution in [0.4, 0.5) is 0 Å². The molecule has 0 N–H and O–H groups in total. The minimum atomic E-state index is -0.344. The van der Waals surface area contributed by atoms with E-state index in [1.54, 1.807) is 24.3 Å². The molecule has 43 heavy (non-hydrogen) atoms. The zero-order valence-corrected chi connectivity index (χ0v) is 27.0. The van der Waals surface area contributed by atoms with E-state index in [1.165, 1.54) is 16.5 Å². The fourth-order valence-corrected chi connectivity index (χ4v) is 5.60. The number of furan rings is 1. The van der Waals surface area contributed by atoms with Crippen molar-refractivity contribution in [3.05, 3.63) is 120 Å². The summed E-state index contributed by atoms with van der Waals surface area (Å²) in [5.41, 5.74) is 3.60. The first-order valence-electron chi connectivity index (χ1n) is 13.4. The molecular formula is C33H24Br2ClN3O4. The second-order valence-electron chi connectivity index (χ2n) is 9.74. The standard InChI is InChI=1S/C33H24Br2ClN3O4/c1-3-41-27-16-22(29(35)30(36)31(27)42-18-20-10-8-19(2)9-11-20)17-37-39-32(38-25-7-5-4-6-24(25)33(39)40)28-15-21-14-23(34)12-13-26(21)43-28/h4-17H,3,18H2,1-2H3. The minimum absolute atomic E-state index is 0.262. The largest absolute Gasteiger partial charge is 0.490 e. The first-order chi connectivity index (χ1) is 20.8. The molecule has 0 bridgehead atoms. The summed E-state index contributed by atoms with van der Waals surface area (Å²) in [6, 6.07) is 24.5. The van der Waals surface area contributed by atoms with Gasteiger partial charge >= 0.3 is 0 Å². The molecule has 0 fully saturated rings. The predicted molar refractivity (Wildman–Crippen MR) is 178 cm³/mol. The summed E-state index contributed by atoms with van der Waals surface area (Å²) in [7, 11) is 0. The second-order valence-corrected chi connectivity index (χ2v) is 11.8. The van der Waals surface area contributed by atoms with E-state index in [0.29, 0.717) is 62.0 Å². The highest BCUT2D eigenvalue weighted by atomic mass is 79.9. The van der Waals surface area contributed by atoms with Gasteiger partial charge in [-0.15, -0.1) is 0 Å². The Morgan fingerprint density at radius 1 is 1.02 bits per heavy atom. The van der Waals surface area contributed by atoms with Crippen LogP contribution in [-0.2, 0) is 6.61 Å². The summed E-state index contributed by atoms with van der Waals surface area (Å²) in [6.45, 7) is 4.63. The molecule has 2 heterocycles. The molecule has 216 valence electrons. The van der Waals surface area contributed by atoms with Gasteiger partial charge in [0.05, 0.1) is 23.7 Å². The van der Waals surface area contributed by atoms with Gasteiger partial charge in [-0.05, 0) is 77.8 Å². The Morgan fingerprint density at radius 3 is 2.60 bits per heavy atom. The van der Waals surface area contributed by atoms with Crippen LogP contribution < -0.4 is 15.0 Å².